The molecule has 0 radical (unpaired) electrons. The fourth-order valence-corrected chi connectivity index (χ4v) is 0.672. The van der Waals surface area contributed by atoms with Gasteiger partial charge in [0.2, 0.25) is 0 Å². The van der Waals surface area contributed by atoms with Crippen LogP contribution in [0.2, 0.25) is 0 Å². The van der Waals surface area contributed by atoms with E-state index in [1.165, 1.54) is 0 Å². The lowest BCUT2D eigenvalue weighted by molar-refractivity contribution is 1.11. The monoisotopic (exact) mass is 209 g/mol. The van der Waals surface area contributed by atoms with Gasteiger partial charge in [0.1, 0.15) is 0 Å². The Hall–Kier alpha value is -0.570. The highest BCUT2D eigenvalue weighted by Gasteiger charge is 1.93. The van der Waals surface area contributed by atoms with Crippen LogP contribution in [0.5, 0.6) is 0 Å². The highest BCUT2D eigenvalue weighted by Crippen LogP contribution is 2.15. The Labute approximate surface area is 81.7 Å². The predicted molar refractivity (Wildman–Crippen MR) is 46.3 cm³/mol. The summed E-state index contributed by atoms with van der Waals surface area (Å²) in [6.07, 6.45) is -1.18. The van der Waals surface area contributed by atoms with Crippen LogP contribution < -0.4 is 4.90 Å². The van der Waals surface area contributed by atoms with Crippen LogP contribution in [0.1, 0.15) is 12.3 Å². The van der Waals surface area contributed by atoms with Crippen molar-refractivity contribution in [3.8, 4) is 0 Å². The molecular weight excluding hydrogens is 192 g/mol. The van der Waals surface area contributed by atoms with Crippen molar-refractivity contribution >= 4 is 21.6 Å². The van der Waals surface area contributed by atoms with Gasteiger partial charge in [-0.3, -0.25) is 4.98 Å². The number of anilines is 1. The lowest BCUT2D eigenvalue weighted by atomic mass is 10.4. The number of nitrogens with zero attached hydrogens (tertiary/aromatic N) is 2. The zero-order chi connectivity index (χ0) is 15.2. The van der Waals surface area contributed by atoms with Crippen molar-refractivity contribution in [3.05, 3.63) is 22.9 Å². The van der Waals surface area contributed by atoms with Gasteiger partial charge in [-0.05, 0) is 22.0 Å². The van der Waals surface area contributed by atoms with Crippen molar-refractivity contribution in [1.29, 1.82) is 0 Å². The first-order valence-corrected chi connectivity index (χ1v) is 3.10. The van der Waals surface area contributed by atoms with Crippen LogP contribution in [0.25, 0.3) is 0 Å². The third-order valence-corrected chi connectivity index (χ3v) is 1.14. The van der Waals surface area contributed by atoms with E-state index in [1.54, 1.807) is 0 Å². The quantitative estimate of drug-likeness (QED) is 0.703. The predicted octanol–water partition coefficient (Wildman–Crippen LogP) is 1.91. The van der Waals surface area contributed by atoms with Crippen LogP contribution in [0, 0.1) is 0 Å². The largest absolute Gasteiger partial charge is 0.376 e. The van der Waals surface area contributed by atoms with Gasteiger partial charge in [-0.25, -0.2) is 0 Å². The Morgan fingerprint density at radius 3 is 3.20 bits per heavy atom. The molecule has 0 aliphatic heterocycles. The molecule has 0 unspecified atom stereocenters. The van der Waals surface area contributed by atoms with Crippen LogP contribution in [0.4, 0.5) is 5.69 Å². The zero-order valence-electron chi connectivity index (χ0n) is 13.8. The van der Waals surface area contributed by atoms with E-state index in [4.69, 9.17) is 12.3 Å². The van der Waals surface area contributed by atoms with Crippen molar-refractivity contribution in [2.75, 3.05) is 18.9 Å². The van der Waals surface area contributed by atoms with Crippen molar-refractivity contribution in [1.82, 2.24) is 4.98 Å². The molecule has 0 amide bonds. The minimum absolute atomic E-state index is 0.0157. The van der Waals surface area contributed by atoms with Gasteiger partial charge in [0.15, 0.2) is 0 Å². The molecule has 3 heteroatoms. The molecule has 0 aliphatic carbocycles. The number of hydrogen-bond donors (Lipinski definition) is 0. The molecule has 54 valence electrons. The van der Waals surface area contributed by atoms with Crippen LogP contribution in [0.15, 0.2) is 22.9 Å². The minimum atomic E-state index is -3.07. The molecule has 1 rings (SSSR count). The van der Waals surface area contributed by atoms with E-state index in [0.717, 1.165) is 0 Å². The highest BCUT2D eigenvalue weighted by molar-refractivity contribution is 9.10. The molecule has 0 saturated heterocycles. The molecule has 1 heterocycles. The summed E-state index contributed by atoms with van der Waals surface area (Å²) in [4.78, 5) is 3.42. The van der Waals surface area contributed by atoms with Crippen LogP contribution in [-0.4, -0.2) is 18.9 Å². The molecule has 0 aromatic carbocycles. The molecule has 0 atom stereocenters. The second-order valence-corrected chi connectivity index (χ2v) is 2.25. The van der Waals surface area contributed by atoms with Gasteiger partial charge in [0, 0.05) is 32.8 Å². The second-order valence-electron chi connectivity index (χ2n) is 1.46. The molecule has 0 saturated carbocycles. The summed E-state index contributed by atoms with van der Waals surface area (Å²) in [7, 11) is 0. The van der Waals surface area contributed by atoms with Crippen molar-refractivity contribution < 1.29 is 12.3 Å². The fraction of sp³-hybridized carbons (Fsp3) is 0.286. The third-order valence-electron chi connectivity index (χ3n) is 0.768. The molecule has 2 nitrogen and oxygen atoms in total. The number of halogens is 1. The summed E-state index contributed by atoms with van der Waals surface area (Å²) < 4.78 is 65.9. The first kappa shape index (κ1) is 1.97. The molecule has 1 aromatic heterocycles. The number of aromatic nitrogens is 1. The molecule has 1 aromatic rings. The highest BCUT2D eigenvalue weighted by atomic mass is 79.9. The van der Waals surface area contributed by atoms with E-state index in [2.05, 4.69) is 20.9 Å². The molecule has 0 fully saturated rings. The van der Waals surface area contributed by atoms with E-state index < -0.39 is 38.0 Å². The zero-order valence-corrected chi connectivity index (χ0v) is 6.36. The van der Waals surface area contributed by atoms with Gasteiger partial charge in [-0.1, -0.05) is 0 Å². The van der Waals surface area contributed by atoms with Crippen molar-refractivity contribution in [2.45, 2.75) is 0 Å². The summed E-state index contributed by atoms with van der Waals surface area (Å²) in [6.45, 7) is -6.14. The number of rotatable bonds is 1. The SMILES string of the molecule is [2H]c1nc([2H])c(N(C([2H])([2H])[2H])C([2H])([2H])[2H])c([2H])c1Br. The first-order valence-electron chi connectivity index (χ1n) is 6.81. The maximum Gasteiger partial charge on any atom is 0.0862 e. The van der Waals surface area contributed by atoms with E-state index in [0.29, 0.717) is 0 Å². The fourth-order valence-electron chi connectivity index (χ4n) is 0.396. The molecule has 10 heavy (non-hydrogen) atoms. The Morgan fingerprint density at radius 1 is 1.70 bits per heavy atom. The van der Waals surface area contributed by atoms with E-state index in [1.807, 2.05) is 0 Å². The topological polar surface area (TPSA) is 16.1 Å². The van der Waals surface area contributed by atoms with Crippen molar-refractivity contribution in [2.24, 2.45) is 0 Å². The maximum atomic E-state index is 7.70. The molecular formula is C7H9BrN2. The van der Waals surface area contributed by atoms with E-state index in [9.17, 15) is 0 Å². The third kappa shape index (κ3) is 1.70. The summed E-state index contributed by atoms with van der Waals surface area (Å²) in [5.74, 6) is 0. The maximum absolute atomic E-state index is 7.70. The Morgan fingerprint density at radius 2 is 2.50 bits per heavy atom. The van der Waals surface area contributed by atoms with Gasteiger partial charge in [-0.2, -0.15) is 0 Å². The number of pyridine rings is 1. The first-order chi connectivity index (χ1) is 8.37. The summed E-state index contributed by atoms with van der Waals surface area (Å²) in [5, 5.41) is 0. The Balaban J connectivity index is 3.62. The summed E-state index contributed by atoms with van der Waals surface area (Å²) >= 11 is 2.85. The van der Waals surface area contributed by atoms with Crippen LogP contribution in [-0.2, 0) is 0 Å². The molecule has 0 bridgehead atoms. The summed E-state index contributed by atoms with van der Waals surface area (Å²) in [6, 6.07) is -0.572. The molecule has 0 spiro atoms. The van der Waals surface area contributed by atoms with Crippen LogP contribution >= 0.6 is 15.9 Å². The molecule has 0 N–H and O–H groups in total. The van der Waals surface area contributed by atoms with E-state index >= 15 is 0 Å². The Kier molecular flexibility index (Phi) is 0.594. The summed E-state index contributed by atoms with van der Waals surface area (Å²) in [5.41, 5.74) is -0.664. The lowest BCUT2D eigenvalue weighted by Crippen LogP contribution is -2.08. The average molecular weight is 210 g/mol. The van der Waals surface area contributed by atoms with Gasteiger partial charge >= 0.3 is 0 Å². The average Bonchev–Trinajstić information content (AvgIpc) is 2.17. The second kappa shape index (κ2) is 3.01. The molecule has 0 aliphatic rings. The Bertz CT molecular complexity index is 481. The normalized spacial score (nSPS) is 25.1. The van der Waals surface area contributed by atoms with Gasteiger partial charge in [0.05, 0.1) is 16.0 Å². The van der Waals surface area contributed by atoms with Crippen LogP contribution in [0.3, 0.4) is 0 Å². The standard InChI is InChI=1S/C7H9BrN2/c1-10(2)7-3-6(8)4-9-5-7/h3-5H,1-2H3/i1D3,2D3,3D,4D,5D. The van der Waals surface area contributed by atoms with E-state index in [-0.39, 0.29) is 9.37 Å². The minimum Gasteiger partial charge on any atom is -0.376 e. The van der Waals surface area contributed by atoms with Crippen molar-refractivity contribution in [3.63, 3.8) is 0 Å². The lowest BCUT2D eigenvalue weighted by Gasteiger charge is -2.10. The smallest absolute Gasteiger partial charge is 0.0862 e. The van der Waals surface area contributed by atoms with Gasteiger partial charge in [0.25, 0.3) is 0 Å². The van der Waals surface area contributed by atoms with Gasteiger partial charge in [-0.15, -0.1) is 0 Å². The van der Waals surface area contributed by atoms with Gasteiger partial charge < -0.3 is 4.90 Å². The number of hydrogen-bond acceptors (Lipinski definition) is 2.